The van der Waals surface area contributed by atoms with E-state index >= 15 is 0 Å². The summed E-state index contributed by atoms with van der Waals surface area (Å²) >= 11 is 0. The molecule has 0 amide bonds. The second kappa shape index (κ2) is 6.72. The molecule has 1 saturated heterocycles. The van der Waals surface area contributed by atoms with Crippen molar-refractivity contribution in [1.29, 1.82) is 5.26 Å². The van der Waals surface area contributed by atoms with Gasteiger partial charge in [-0.15, -0.1) is 3.89 Å². The van der Waals surface area contributed by atoms with Crippen molar-refractivity contribution in [1.82, 2.24) is 4.98 Å². The molecule has 7 nitrogen and oxygen atoms in total. The lowest BCUT2D eigenvalue weighted by atomic mass is 10.1. The minimum absolute atomic E-state index is 0.118. The standard InChI is InChI=1S/C16H16FN3O4S/c1-23-12-4-2-11(3-5-12)15-19-14(10-18)16(24-15)20-8-6-13(7-9-20)25(17,21)22/h2-5,13H,6-9H2,1H3. The van der Waals surface area contributed by atoms with Gasteiger partial charge in [0.25, 0.3) is 0 Å². The fourth-order valence-electron chi connectivity index (χ4n) is 2.80. The second-order valence-corrected chi connectivity index (χ2v) is 7.29. The monoisotopic (exact) mass is 365 g/mol. The van der Waals surface area contributed by atoms with Gasteiger partial charge in [-0.25, -0.2) is 0 Å². The van der Waals surface area contributed by atoms with E-state index < -0.39 is 15.5 Å². The third-order valence-electron chi connectivity index (χ3n) is 4.18. The molecule has 0 N–H and O–H groups in total. The Bertz CT molecular complexity index is 894. The summed E-state index contributed by atoms with van der Waals surface area (Å²) in [5.74, 6) is 1.25. The minimum atomic E-state index is -4.54. The number of oxazole rings is 1. The van der Waals surface area contributed by atoms with Gasteiger partial charge in [-0.1, -0.05) is 0 Å². The van der Waals surface area contributed by atoms with Gasteiger partial charge < -0.3 is 14.1 Å². The predicted molar refractivity (Wildman–Crippen MR) is 88.5 cm³/mol. The number of nitriles is 1. The minimum Gasteiger partial charge on any atom is -0.497 e. The Labute approximate surface area is 144 Å². The van der Waals surface area contributed by atoms with Crippen LogP contribution in [0.2, 0.25) is 0 Å². The lowest BCUT2D eigenvalue weighted by Gasteiger charge is -2.29. The molecule has 0 aliphatic carbocycles. The summed E-state index contributed by atoms with van der Waals surface area (Å²) in [7, 11) is -2.98. The van der Waals surface area contributed by atoms with Crippen molar-refractivity contribution in [2.75, 3.05) is 25.1 Å². The van der Waals surface area contributed by atoms with E-state index in [2.05, 4.69) is 4.98 Å². The first-order chi connectivity index (χ1) is 11.9. The van der Waals surface area contributed by atoms with Crippen molar-refractivity contribution in [3.63, 3.8) is 0 Å². The second-order valence-electron chi connectivity index (χ2n) is 5.68. The molecule has 1 aromatic heterocycles. The zero-order valence-electron chi connectivity index (χ0n) is 13.5. The molecule has 0 spiro atoms. The molecule has 3 rings (SSSR count). The molecule has 132 valence electrons. The van der Waals surface area contributed by atoms with Crippen molar-refractivity contribution in [2.24, 2.45) is 0 Å². The van der Waals surface area contributed by atoms with Crippen LogP contribution in [0, 0.1) is 11.3 Å². The van der Waals surface area contributed by atoms with Crippen LogP contribution >= 0.6 is 0 Å². The third kappa shape index (κ3) is 3.58. The molecule has 2 heterocycles. The Hall–Kier alpha value is -2.60. The Morgan fingerprint density at radius 3 is 2.48 bits per heavy atom. The maximum absolute atomic E-state index is 13.1. The number of anilines is 1. The van der Waals surface area contributed by atoms with Crippen LogP contribution in [0.5, 0.6) is 5.75 Å². The fourth-order valence-corrected chi connectivity index (χ4v) is 3.57. The van der Waals surface area contributed by atoms with Crippen LogP contribution in [0.4, 0.5) is 9.77 Å². The SMILES string of the molecule is COc1ccc(-c2nc(C#N)c(N3CCC(S(=O)(=O)F)CC3)o2)cc1. The summed E-state index contributed by atoms with van der Waals surface area (Å²) in [4.78, 5) is 5.92. The van der Waals surface area contributed by atoms with Gasteiger partial charge in [0.2, 0.25) is 17.5 Å². The highest BCUT2D eigenvalue weighted by Crippen LogP contribution is 2.31. The van der Waals surface area contributed by atoms with Crippen molar-refractivity contribution in [3.05, 3.63) is 30.0 Å². The number of nitrogens with zero attached hydrogens (tertiary/aromatic N) is 3. The predicted octanol–water partition coefficient (Wildman–Crippen LogP) is 2.49. The molecule has 0 saturated carbocycles. The average molecular weight is 365 g/mol. The first-order valence-electron chi connectivity index (χ1n) is 7.66. The number of halogens is 1. The van der Waals surface area contributed by atoms with Crippen LogP contribution in [0.3, 0.4) is 0 Å². The number of hydrogen-bond acceptors (Lipinski definition) is 7. The lowest BCUT2D eigenvalue weighted by molar-refractivity contribution is 0.415. The van der Waals surface area contributed by atoms with Crippen LogP contribution < -0.4 is 9.64 Å². The van der Waals surface area contributed by atoms with E-state index in [0.29, 0.717) is 11.3 Å². The first kappa shape index (κ1) is 17.2. The van der Waals surface area contributed by atoms with E-state index in [4.69, 9.17) is 9.15 Å². The molecular weight excluding hydrogens is 349 g/mol. The van der Waals surface area contributed by atoms with Crippen molar-refractivity contribution >= 4 is 16.1 Å². The van der Waals surface area contributed by atoms with Gasteiger partial charge in [-0.3, -0.25) is 0 Å². The number of rotatable bonds is 4. The summed E-state index contributed by atoms with van der Waals surface area (Å²) in [6, 6.07) is 9.01. The number of aromatic nitrogens is 1. The molecule has 0 bridgehead atoms. The van der Waals surface area contributed by atoms with Crippen molar-refractivity contribution in [2.45, 2.75) is 18.1 Å². The Balaban J connectivity index is 1.83. The Kier molecular flexibility index (Phi) is 4.63. The van der Waals surface area contributed by atoms with E-state index in [1.165, 1.54) is 0 Å². The van der Waals surface area contributed by atoms with E-state index in [9.17, 15) is 17.6 Å². The molecule has 25 heavy (non-hydrogen) atoms. The lowest BCUT2D eigenvalue weighted by Crippen LogP contribution is -2.38. The topological polar surface area (TPSA) is 96.4 Å². The normalized spacial score (nSPS) is 15.8. The molecule has 0 atom stereocenters. The van der Waals surface area contributed by atoms with Gasteiger partial charge in [0.15, 0.2) is 0 Å². The van der Waals surface area contributed by atoms with Gasteiger partial charge in [0.05, 0.1) is 12.4 Å². The zero-order valence-corrected chi connectivity index (χ0v) is 14.3. The first-order valence-corrected chi connectivity index (χ1v) is 9.11. The summed E-state index contributed by atoms with van der Waals surface area (Å²) in [6.07, 6.45) is 0.282. The van der Waals surface area contributed by atoms with Crippen molar-refractivity contribution in [3.8, 4) is 23.3 Å². The summed E-state index contributed by atoms with van der Waals surface area (Å²) in [5.41, 5.74) is 0.803. The highest BCUT2D eigenvalue weighted by molar-refractivity contribution is 7.87. The quantitative estimate of drug-likeness (QED) is 0.768. The molecule has 0 unspecified atom stereocenters. The van der Waals surface area contributed by atoms with Crippen LogP contribution in [0.25, 0.3) is 11.5 Å². The van der Waals surface area contributed by atoms with Crippen LogP contribution in [-0.2, 0) is 10.2 Å². The molecule has 1 aliphatic heterocycles. The number of hydrogen-bond donors (Lipinski definition) is 0. The molecule has 1 aromatic carbocycles. The fraction of sp³-hybridized carbons (Fsp3) is 0.375. The summed E-state index contributed by atoms with van der Waals surface area (Å²) in [5, 5.41) is 8.30. The van der Waals surface area contributed by atoms with Gasteiger partial charge >= 0.3 is 10.2 Å². The molecule has 2 aromatic rings. The molecule has 9 heteroatoms. The van der Waals surface area contributed by atoms with Crippen molar-refractivity contribution < 1.29 is 21.5 Å². The van der Waals surface area contributed by atoms with E-state index in [1.807, 2.05) is 6.07 Å². The van der Waals surface area contributed by atoms with E-state index in [1.54, 1.807) is 36.3 Å². The smallest absolute Gasteiger partial charge is 0.305 e. The average Bonchev–Trinajstić information content (AvgIpc) is 3.05. The third-order valence-corrected chi connectivity index (χ3v) is 5.45. The van der Waals surface area contributed by atoms with Crippen LogP contribution in [0.15, 0.2) is 28.7 Å². The maximum Gasteiger partial charge on any atom is 0.305 e. The number of ether oxygens (including phenoxy) is 1. The highest BCUT2D eigenvalue weighted by atomic mass is 32.3. The number of methoxy groups -OCH3 is 1. The molecular formula is C16H16FN3O4S. The molecule has 0 radical (unpaired) electrons. The Morgan fingerprint density at radius 2 is 1.96 bits per heavy atom. The summed E-state index contributed by atoms with van der Waals surface area (Å²) < 4.78 is 45.9. The largest absolute Gasteiger partial charge is 0.497 e. The maximum atomic E-state index is 13.1. The number of piperidine rings is 1. The van der Waals surface area contributed by atoms with Gasteiger partial charge in [0, 0.05) is 18.7 Å². The number of benzene rings is 1. The van der Waals surface area contributed by atoms with Gasteiger partial charge in [0.1, 0.15) is 11.8 Å². The van der Waals surface area contributed by atoms with E-state index in [-0.39, 0.29) is 43.4 Å². The van der Waals surface area contributed by atoms with Gasteiger partial charge in [-0.2, -0.15) is 18.7 Å². The van der Waals surface area contributed by atoms with E-state index in [0.717, 1.165) is 0 Å². The van der Waals surface area contributed by atoms with Crippen LogP contribution in [-0.4, -0.2) is 38.9 Å². The highest BCUT2D eigenvalue weighted by Gasteiger charge is 2.32. The Morgan fingerprint density at radius 1 is 1.32 bits per heavy atom. The van der Waals surface area contributed by atoms with Gasteiger partial charge in [-0.05, 0) is 37.1 Å². The molecule has 1 fully saturated rings. The summed E-state index contributed by atoms with van der Waals surface area (Å²) in [6.45, 7) is 0.555. The van der Waals surface area contributed by atoms with Crippen LogP contribution in [0.1, 0.15) is 18.5 Å². The molecule has 1 aliphatic rings. The zero-order chi connectivity index (χ0) is 18.0.